The third kappa shape index (κ3) is 4.31. The highest BCUT2D eigenvalue weighted by Crippen LogP contribution is 2.42. The maximum absolute atomic E-state index is 13.1. The molecule has 1 aliphatic rings. The average Bonchev–Trinajstić information content (AvgIpc) is 3.06. The minimum atomic E-state index is -4.24. The SMILES string of the molecule is COC1c2ccnc(Cl)c2CN1C(C)c1cnc(OCC(F)(F)C(F)F)c(C)c1. The molecule has 2 atom stereocenters. The van der Waals surface area contributed by atoms with E-state index in [4.69, 9.17) is 21.1 Å². The molecule has 2 aromatic heterocycles. The van der Waals surface area contributed by atoms with Gasteiger partial charge in [0.25, 0.3) is 0 Å². The first-order chi connectivity index (χ1) is 13.7. The molecule has 0 aliphatic carbocycles. The number of methoxy groups -OCH3 is 1. The lowest BCUT2D eigenvalue weighted by Crippen LogP contribution is -2.34. The highest BCUT2D eigenvalue weighted by atomic mass is 35.5. The number of alkyl halides is 4. The van der Waals surface area contributed by atoms with Crippen molar-refractivity contribution in [1.29, 1.82) is 0 Å². The van der Waals surface area contributed by atoms with Crippen LogP contribution in [0.4, 0.5) is 17.6 Å². The molecule has 0 spiro atoms. The van der Waals surface area contributed by atoms with E-state index in [0.29, 0.717) is 17.3 Å². The van der Waals surface area contributed by atoms with E-state index in [-0.39, 0.29) is 18.1 Å². The fourth-order valence-corrected chi connectivity index (χ4v) is 3.52. The number of halogens is 5. The second kappa shape index (κ2) is 8.41. The standard InChI is InChI=1S/C19H20ClF4N3O2/c1-10-6-12(7-26-16(10)29-9-19(23,24)18(21)22)11(2)27-8-14-13(17(27)28-3)4-5-25-15(14)20/h4-7,11,17-18H,8-9H2,1-3H3. The van der Waals surface area contributed by atoms with Crippen LogP contribution in [0.1, 0.15) is 41.4 Å². The van der Waals surface area contributed by atoms with Gasteiger partial charge in [-0.2, -0.15) is 8.78 Å². The molecule has 2 aromatic rings. The number of rotatable bonds is 7. The lowest BCUT2D eigenvalue weighted by atomic mass is 10.1. The van der Waals surface area contributed by atoms with Crippen LogP contribution in [0.2, 0.25) is 5.15 Å². The summed E-state index contributed by atoms with van der Waals surface area (Å²) in [6.45, 7) is 2.64. The molecule has 0 fully saturated rings. The molecule has 0 saturated heterocycles. The Morgan fingerprint density at radius 2 is 2.07 bits per heavy atom. The molecule has 0 radical (unpaired) electrons. The van der Waals surface area contributed by atoms with Crippen molar-refractivity contribution >= 4 is 11.6 Å². The maximum Gasteiger partial charge on any atom is 0.340 e. The Morgan fingerprint density at radius 3 is 2.69 bits per heavy atom. The fourth-order valence-electron chi connectivity index (χ4n) is 3.30. The van der Waals surface area contributed by atoms with Crippen molar-refractivity contribution in [2.45, 2.75) is 45.0 Å². The van der Waals surface area contributed by atoms with Crippen LogP contribution in [0.3, 0.4) is 0 Å². The largest absolute Gasteiger partial charge is 0.471 e. The summed E-state index contributed by atoms with van der Waals surface area (Å²) in [5.74, 6) is -4.35. The van der Waals surface area contributed by atoms with Crippen LogP contribution >= 0.6 is 11.6 Å². The van der Waals surface area contributed by atoms with Crippen LogP contribution in [0, 0.1) is 6.92 Å². The van der Waals surface area contributed by atoms with Crippen LogP contribution in [0.15, 0.2) is 24.5 Å². The third-order valence-electron chi connectivity index (χ3n) is 4.92. The van der Waals surface area contributed by atoms with Crippen LogP contribution in [0.25, 0.3) is 0 Å². The number of aryl methyl sites for hydroxylation is 1. The summed E-state index contributed by atoms with van der Waals surface area (Å²) in [4.78, 5) is 10.2. The number of hydrogen-bond donors (Lipinski definition) is 0. The van der Waals surface area contributed by atoms with E-state index in [1.165, 1.54) is 6.20 Å². The van der Waals surface area contributed by atoms with Gasteiger partial charge in [0, 0.05) is 48.8 Å². The summed E-state index contributed by atoms with van der Waals surface area (Å²) in [5.41, 5.74) is 3.06. The predicted octanol–water partition coefficient (Wildman–Crippen LogP) is 4.94. The predicted molar refractivity (Wildman–Crippen MR) is 98.4 cm³/mol. The van der Waals surface area contributed by atoms with Crippen molar-refractivity contribution in [3.8, 4) is 5.88 Å². The van der Waals surface area contributed by atoms with Crippen molar-refractivity contribution in [2.75, 3.05) is 13.7 Å². The van der Waals surface area contributed by atoms with Gasteiger partial charge in [0.05, 0.1) is 0 Å². The number of aromatic nitrogens is 2. The second-order valence-electron chi connectivity index (χ2n) is 6.85. The van der Waals surface area contributed by atoms with Crippen LogP contribution in [0.5, 0.6) is 5.88 Å². The van der Waals surface area contributed by atoms with E-state index in [1.54, 1.807) is 26.3 Å². The molecule has 158 valence electrons. The van der Waals surface area contributed by atoms with Crippen molar-refractivity contribution in [3.63, 3.8) is 0 Å². The molecule has 2 unspecified atom stereocenters. The Bertz CT molecular complexity index is 885. The number of pyridine rings is 2. The first kappa shape index (κ1) is 21.7. The number of ether oxygens (including phenoxy) is 2. The highest BCUT2D eigenvalue weighted by Gasteiger charge is 2.42. The van der Waals surface area contributed by atoms with Gasteiger partial charge in [-0.25, -0.2) is 18.7 Å². The summed E-state index contributed by atoms with van der Waals surface area (Å²) in [7, 11) is 1.59. The van der Waals surface area contributed by atoms with Gasteiger partial charge >= 0.3 is 12.3 Å². The van der Waals surface area contributed by atoms with E-state index in [9.17, 15) is 17.6 Å². The van der Waals surface area contributed by atoms with Gasteiger partial charge in [-0.3, -0.25) is 4.90 Å². The Kier molecular flexibility index (Phi) is 6.30. The second-order valence-corrected chi connectivity index (χ2v) is 7.21. The van der Waals surface area contributed by atoms with E-state index in [2.05, 4.69) is 14.9 Å². The molecule has 29 heavy (non-hydrogen) atoms. The van der Waals surface area contributed by atoms with E-state index in [1.807, 2.05) is 13.0 Å². The number of hydrogen-bond acceptors (Lipinski definition) is 5. The van der Waals surface area contributed by atoms with Gasteiger partial charge in [0.2, 0.25) is 5.88 Å². The average molecular weight is 434 g/mol. The van der Waals surface area contributed by atoms with Gasteiger partial charge in [-0.1, -0.05) is 11.6 Å². The Morgan fingerprint density at radius 1 is 1.34 bits per heavy atom. The Hall–Kier alpha value is -1.97. The van der Waals surface area contributed by atoms with E-state index >= 15 is 0 Å². The molecule has 3 heterocycles. The van der Waals surface area contributed by atoms with Crippen molar-refractivity contribution in [2.24, 2.45) is 0 Å². The molecule has 5 nitrogen and oxygen atoms in total. The smallest absolute Gasteiger partial charge is 0.340 e. The molecular weight excluding hydrogens is 414 g/mol. The third-order valence-corrected chi connectivity index (χ3v) is 5.25. The van der Waals surface area contributed by atoms with Crippen molar-refractivity contribution in [3.05, 3.63) is 51.9 Å². The fraction of sp³-hybridized carbons (Fsp3) is 0.474. The molecule has 0 N–H and O–H groups in total. The molecule has 0 aromatic carbocycles. The summed E-state index contributed by atoms with van der Waals surface area (Å²) < 4.78 is 61.2. The first-order valence-corrected chi connectivity index (χ1v) is 9.20. The normalized spacial score (nSPS) is 18.2. The zero-order valence-corrected chi connectivity index (χ0v) is 16.8. The first-order valence-electron chi connectivity index (χ1n) is 8.82. The lowest BCUT2D eigenvalue weighted by molar-refractivity contribution is -0.148. The number of fused-ring (bicyclic) bond motifs is 1. The molecule has 0 saturated carbocycles. The molecule has 1 aliphatic heterocycles. The molecule has 3 rings (SSSR count). The molecule has 0 bridgehead atoms. The topological polar surface area (TPSA) is 47.5 Å². The zero-order valence-electron chi connectivity index (χ0n) is 16.0. The maximum atomic E-state index is 13.1. The van der Waals surface area contributed by atoms with Crippen LogP contribution in [-0.2, 0) is 11.3 Å². The highest BCUT2D eigenvalue weighted by molar-refractivity contribution is 6.30. The van der Waals surface area contributed by atoms with E-state index < -0.39 is 19.0 Å². The zero-order chi connectivity index (χ0) is 21.3. The van der Waals surface area contributed by atoms with Gasteiger partial charge < -0.3 is 9.47 Å². The van der Waals surface area contributed by atoms with Gasteiger partial charge in [-0.15, -0.1) is 0 Å². The van der Waals surface area contributed by atoms with Crippen molar-refractivity contribution in [1.82, 2.24) is 14.9 Å². The summed E-state index contributed by atoms with van der Waals surface area (Å²) >= 11 is 6.21. The lowest BCUT2D eigenvalue weighted by Gasteiger charge is -2.30. The van der Waals surface area contributed by atoms with E-state index in [0.717, 1.165) is 16.7 Å². The van der Waals surface area contributed by atoms with Crippen LogP contribution in [-0.4, -0.2) is 40.9 Å². The monoisotopic (exact) mass is 433 g/mol. The Labute approximate surface area is 170 Å². The molecule has 0 amide bonds. The molecular formula is C19H20ClF4N3O2. The minimum Gasteiger partial charge on any atom is -0.471 e. The Balaban J connectivity index is 1.78. The van der Waals surface area contributed by atoms with Gasteiger partial charge in [-0.05, 0) is 31.5 Å². The summed E-state index contributed by atoms with van der Waals surface area (Å²) in [5, 5.41) is 0.414. The minimum absolute atomic E-state index is 0.110. The van der Waals surface area contributed by atoms with Crippen molar-refractivity contribution < 1.29 is 27.0 Å². The van der Waals surface area contributed by atoms with Gasteiger partial charge in [0.1, 0.15) is 11.4 Å². The molecule has 10 heteroatoms. The summed E-state index contributed by atoms with van der Waals surface area (Å²) in [6.07, 6.45) is -1.04. The van der Waals surface area contributed by atoms with Crippen LogP contribution < -0.4 is 4.74 Å². The quantitative estimate of drug-likeness (QED) is 0.457. The number of nitrogens with zero attached hydrogens (tertiary/aromatic N) is 3. The van der Waals surface area contributed by atoms with Gasteiger partial charge in [0.15, 0.2) is 6.61 Å². The summed E-state index contributed by atoms with van der Waals surface area (Å²) in [6, 6.07) is 3.42.